The lowest BCUT2D eigenvalue weighted by atomic mass is 9.72. The minimum Gasteiger partial charge on any atom is -0.330 e. The van der Waals surface area contributed by atoms with Gasteiger partial charge in [0.15, 0.2) is 0 Å². The molecule has 0 aromatic rings. The van der Waals surface area contributed by atoms with Crippen LogP contribution in [-0.2, 0) is 10.0 Å². The summed E-state index contributed by atoms with van der Waals surface area (Å²) in [4.78, 5) is 0. The molecular weight excluding hydrogens is 200 g/mol. The molecule has 5 heteroatoms. The molecule has 0 bridgehead atoms. The molecule has 0 aromatic heterocycles. The average Bonchev–Trinajstić information content (AvgIpc) is 2.37. The molecule has 0 aliphatic heterocycles. The van der Waals surface area contributed by atoms with Crippen molar-refractivity contribution in [3.05, 3.63) is 0 Å². The van der Waals surface area contributed by atoms with Gasteiger partial charge in [-0.05, 0) is 43.6 Å². The van der Waals surface area contributed by atoms with Crippen molar-refractivity contribution in [3.8, 4) is 0 Å². The SMILES string of the molecule is CS(=O)(=O)NC1CC2CC(CN)CC21. The summed E-state index contributed by atoms with van der Waals surface area (Å²) in [6.07, 6.45) is 4.54. The maximum Gasteiger partial charge on any atom is 0.208 e. The van der Waals surface area contributed by atoms with E-state index in [0.717, 1.165) is 25.3 Å². The Bertz CT molecular complexity index is 315. The van der Waals surface area contributed by atoms with Crippen LogP contribution in [0.2, 0.25) is 0 Å². The lowest BCUT2D eigenvalue weighted by molar-refractivity contribution is 0.158. The summed E-state index contributed by atoms with van der Waals surface area (Å²) in [6.45, 7) is 0.749. The summed E-state index contributed by atoms with van der Waals surface area (Å²) >= 11 is 0. The predicted molar refractivity (Wildman–Crippen MR) is 55.1 cm³/mol. The van der Waals surface area contributed by atoms with Gasteiger partial charge in [0.2, 0.25) is 10.0 Å². The number of rotatable bonds is 3. The second-order valence-corrected chi connectivity index (χ2v) is 6.51. The molecule has 82 valence electrons. The molecule has 0 radical (unpaired) electrons. The minimum absolute atomic E-state index is 0.187. The lowest BCUT2D eigenvalue weighted by Gasteiger charge is -2.40. The Kier molecular flexibility index (Phi) is 2.57. The molecule has 2 rings (SSSR count). The van der Waals surface area contributed by atoms with Crippen molar-refractivity contribution in [2.24, 2.45) is 23.5 Å². The van der Waals surface area contributed by atoms with Crippen molar-refractivity contribution in [1.29, 1.82) is 0 Å². The van der Waals surface area contributed by atoms with E-state index in [1.807, 2.05) is 0 Å². The van der Waals surface area contributed by atoms with Gasteiger partial charge in [-0.25, -0.2) is 13.1 Å². The van der Waals surface area contributed by atoms with Crippen LogP contribution in [0.4, 0.5) is 0 Å². The highest BCUT2D eigenvalue weighted by Crippen LogP contribution is 2.49. The first-order valence-corrected chi connectivity index (χ1v) is 7.06. The molecule has 4 nitrogen and oxygen atoms in total. The molecular formula is C9H18N2O2S. The molecule has 0 aromatic carbocycles. The fourth-order valence-electron chi connectivity index (χ4n) is 2.95. The fraction of sp³-hybridized carbons (Fsp3) is 1.00. The molecule has 2 aliphatic carbocycles. The summed E-state index contributed by atoms with van der Waals surface area (Å²) in [5, 5.41) is 0. The van der Waals surface area contributed by atoms with Crippen molar-refractivity contribution in [2.45, 2.75) is 25.3 Å². The number of sulfonamides is 1. The highest BCUT2D eigenvalue weighted by Gasteiger charge is 2.47. The van der Waals surface area contributed by atoms with Gasteiger partial charge in [-0.3, -0.25) is 0 Å². The maximum atomic E-state index is 11.0. The number of nitrogens with two attached hydrogens (primary N) is 1. The van der Waals surface area contributed by atoms with Crippen LogP contribution in [-0.4, -0.2) is 27.3 Å². The first-order chi connectivity index (χ1) is 6.49. The summed E-state index contributed by atoms with van der Waals surface area (Å²) in [5.41, 5.74) is 5.62. The highest BCUT2D eigenvalue weighted by atomic mass is 32.2. The van der Waals surface area contributed by atoms with E-state index < -0.39 is 10.0 Å². The highest BCUT2D eigenvalue weighted by molar-refractivity contribution is 7.88. The second kappa shape index (κ2) is 3.47. The Morgan fingerprint density at radius 2 is 2.07 bits per heavy atom. The quantitative estimate of drug-likeness (QED) is 0.695. The molecule has 0 amide bonds. The van der Waals surface area contributed by atoms with Gasteiger partial charge in [-0.2, -0.15) is 0 Å². The molecule has 14 heavy (non-hydrogen) atoms. The number of fused-ring (bicyclic) bond motifs is 1. The Balaban J connectivity index is 1.90. The lowest BCUT2D eigenvalue weighted by Crippen LogP contribution is -2.49. The smallest absolute Gasteiger partial charge is 0.208 e. The van der Waals surface area contributed by atoms with Crippen LogP contribution in [0, 0.1) is 17.8 Å². The fourth-order valence-corrected chi connectivity index (χ4v) is 3.77. The van der Waals surface area contributed by atoms with E-state index in [4.69, 9.17) is 5.73 Å². The molecule has 0 spiro atoms. The standard InChI is InChI=1S/C9H18N2O2S/c1-14(12,13)11-9-4-7-2-6(5-10)3-8(7)9/h6-9,11H,2-5,10H2,1H3. The van der Waals surface area contributed by atoms with Crippen LogP contribution in [0.3, 0.4) is 0 Å². The van der Waals surface area contributed by atoms with Gasteiger partial charge < -0.3 is 5.73 Å². The summed E-state index contributed by atoms with van der Waals surface area (Å²) in [6, 6.07) is 0.187. The van der Waals surface area contributed by atoms with Gasteiger partial charge in [0.05, 0.1) is 6.26 Å². The maximum absolute atomic E-state index is 11.0. The first kappa shape index (κ1) is 10.4. The molecule has 0 saturated heterocycles. The van der Waals surface area contributed by atoms with E-state index in [-0.39, 0.29) is 6.04 Å². The van der Waals surface area contributed by atoms with Gasteiger partial charge in [0.1, 0.15) is 0 Å². The van der Waals surface area contributed by atoms with Crippen molar-refractivity contribution in [2.75, 3.05) is 12.8 Å². The van der Waals surface area contributed by atoms with Crippen LogP contribution >= 0.6 is 0 Å². The zero-order valence-corrected chi connectivity index (χ0v) is 9.26. The molecule has 4 atom stereocenters. The monoisotopic (exact) mass is 218 g/mol. The summed E-state index contributed by atoms with van der Waals surface area (Å²) in [7, 11) is -3.03. The molecule has 2 fully saturated rings. The van der Waals surface area contributed by atoms with Crippen LogP contribution < -0.4 is 10.5 Å². The molecule has 4 unspecified atom stereocenters. The zero-order valence-electron chi connectivity index (χ0n) is 8.44. The van der Waals surface area contributed by atoms with Gasteiger partial charge in [0, 0.05) is 6.04 Å². The van der Waals surface area contributed by atoms with Gasteiger partial charge in [-0.1, -0.05) is 0 Å². The van der Waals surface area contributed by atoms with Gasteiger partial charge in [-0.15, -0.1) is 0 Å². The number of nitrogens with one attached hydrogen (secondary N) is 1. The van der Waals surface area contributed by atoms with Crippen molar-refractivity contribution in [1.82, 2.24) is 4.72 Å². The van der Waals surface area contributed by atoms with Crippen molar-refractivity contribution >= 4 is 10.0 Å². The normalized spacial score (nSPS) is 41.9. The van der Waals surface area contributed by atoms with Crippen molar-refractivity contribution in [3.63, 3.8) is 0 Å². The second-order valence-electron chi connectivity index (χ2n) is 4.73. The third-order valence-corrected chi connectivity index (χ3v) is 4.35. The zero-order chi connectivity index (χ0) is 10.3. The Hall–Kier alpha value is -0.130. The predicted octanol–water partition coefficient (Wildman–Crippen LogP) is -0.0910. The van der Waals surface area contributed by atoms with Crippen LogP contribution in [0.25, 0.3) is 0 Å². The Labute approximate surface area is 85.3 Å². The van der Waals surface area contributed by atoms with E-state index >= 15 is 0 Å². The average molecular weight is 218 g/mol. The summed E-state index contributed by atoms with van der Waals surface area (Å²) < 4.78 is 24.8. The Morgan fingerprint density at radius 3 is 2.64 bits per heavy atom. The van der Waals surface area contributed by atoms with E-state index in [9.17, 15) is 8.42 Å². The molecule has 2 aliphatic rings. The van der Waals surface area contributed by atoms with E-state index in [1.165, 1.54) is 12.7 Å². The molecule has 0 heterocycles. The minimum atomic E-state index is -3.03. The largest absolute Gasteiger partial charge is 0.330 e. The van der Waals surface area contributed by atoms with Gasteiger partial charge in [0.25, 0.3) is 0 Å². The third-order valence-electron chi connectivity index (χ3n) is 3.62. The first-order valence-electron chi connectivity index (χ1n) is 5.17. The van der Waals surface area contributed by atoms with Crippen LogP contribution in [0.15, 0.2) is 0 Å². The topological polar surface area (TPSA) is 72.2 Å². The van der Waals surface area contributed by atoms with Crippen molar-refractivity contribution < 1.29 is 8.42 Å². The van der Waals surface area contributed by atoms with E-state index in [0.29, 0.717) is 11.8 Å². The number of hydrogen-bond acceptors (Lipinski definition) is 3. The molecule has 3 N–H and O–H groups in total. The van der Waals surface area contributed by atoms with E-state index in [2.05, 4.69) is 4.72 Å². The van der Waals surface area contributed by atoms with Crippen LogP contribution in [0.5, 0.6) is 0 Å². The van der Waals surface area contributed by atoms with E-state index in [1.54, 1.807) is 0 Å². The number of hydrogen-bond donors (Lipinski definition) is 2. The summed E-state index contributed by atoms with van der Waals surface area (Å²) in [5.74, 6) is 1.90. The molecule has 2 saturated carbocycles. The van der Waals surface area contributed by atoms with Crippen LogP contribution in [0.1, 0.15) is 19.3 Å². The van der Waals surface area contributed by atoms with Gasteiger partial charge >= 0.3 is 0 Å². The third kappa shape index (κ3) is 1.94. The Morgan fingerprint density at radius 1 is 1.36 bits per heavy atom.